The van der Waals surface area contributed by atoms with Gasteiger partial charge in [0.1, 0.15) is 18.7 Å². The number of carbonyl (C=O) groups excluding carboxylic acids is 4. The van der Waals surface area contributed by atoms with E-state index in [1.807, 2.05) is 0 Å². The molecule has 0 aromatic heterocycles. The average Bonchev–Trinajstić information content (AvgIpc) is 2.60. The zero-order chi connectivity index (χ0) is 21.5. The summed E-state index contributed by atoms with van der Waals surface area (Å²) in [4.78, 5) is 44.0. The quantitative estimate of drug-likeness (QED) is 0.120. The lowest BCUT2D eigenvalue weighted by Gasteiger charge is -2.16. The van der Waals surface area contributed by atoms with Crippen molar-refractivity contribution in [3.8, 4) is 11.8 Å². The van der Waals surface area contributed by atoms with E-state index in [1.54, 1.807) is 19.9 Å². The van der Waals surface area contributed by atoms with Crippen molar-refractivity contribution in [3.63, 3.8) is 0 Å². The fourth-order valence-corrected chi connectivity index (χ4v) is 1.67. The average molecular weight is 388 g/mol. The van der Waals surface area contributed by atoms with Gasteiger partial charge < -0.3 is 14.2 Å². The van der Waals surface area contributed by atoms with Gasteiger partial charge in [0.05, 0.1) is 6.26 Å². The molecule has 7 nitrogen and oxygen atoms in total. The molecule has 0 amide bonds. The highest BCUT2D eigenvalue weighted by Crippen LogP contribution is 2.16. The molecule has 0 aliphatic rings. The first-order valence-electron chi connectivity index (χ1n) is 8.34. The molecule has 0 aromatic carbocycles. The van der Waals surface area contributed by atoms with Crippen molar-refractivity contribution in [1.29, 1.82) is 0 Å². The third kappa shape index (κ3) is 12.9. The van der Waals surface area contributed by atoms with E-state index in [1.165, 1.54) is 32.9 Å². The van der Waals surface area contributed by atoms with Gasteiger partial charge >= 0.3 is 17.9 Å². The number of hydrogen-bond acceptors (Lipinski definition) is 7. The molecule has 0 spiro atoms. The molecular weight excluding hydrogens is 364 g/mol. The molecule has 1 atom stereocenters. The van der Waals surface area contributed by atoms with Crippen molar-refractivity contribution in [1.82, 2.24) is 0 Å². The second-order valence-electron chi connectivity index (χ2n) is 5.64. The summed E-state index contributed by atoms with van der Waals surface area (Å²) < 4.78 is 14.9. The van der Waals surface area contributed by atoms with E-state index in [0.29, 0.717) is 23.0 Å². The first-order chi connectivity index (χ1) is 13.1. The van der Waals surface area contributed by atoms with Gasteiger partial charge in [-0.15, -0.1) is 0 Å². The third-order valence-corrected chi connectivity index (χ3v) is 2.93. The molecular formula is C21H24O7. The second kappa shape index (κ2) is 13.8. The maximum absolute atomic E-state index is 11.4. The van der Waals surface area contributed by atoms with Gasteiger partial charge in [0.15, 0.2) is 0 Å². The summed E-state index contributed by atoms with van der Waals surface area (Å²) in [5.41, 5.74) is 1.49. The first-order valence-corrected chi connectivity index (χ1v) is 8.34. The Morgan fingerprint density at radius 1 is 0.964 bits per heavy atom. The Morgan fingerprint density at radius 2 is 1.61 bits per heavy atom. The Kier molecular flexibility index (Phi) is 12.1. The summed E-state index contributed by atoms with van der Waals surface area (Å²) in [6.07, 6.45) is 6.95. The van der Waals surface area contributed by atoms with Crippen LogP contribution in [0.4, 0.5) is 0 Å². The van der Waals surface area contributed by atoms with Gasteiger partial charge in [-0.3, -0.25) is 19.2 Å². The monoisotopic (exact) mass is 388 g/mol. The van der Waals surface area contributed by atoms with Crippen molar-refractivity contribution in [2.75, 3.05) is 0 Å². The molecule has 0 fully saturated rings. The summed E-state index contributed by atoms with van der Waals surface area (Å²) in [5, 5.41) is 0. The molecule has 0 saturated carbocycles. The largest absolute Gasteiger partial charge is 0.457 e. The number of ether oxygens (including phenoxy) is 3. The molecule has 28 heavy (non-hydrogen) atoms. The summed E-state index contributed by atoms with van der Waals surface area (Å²) in [6.45, 7) is 7.09. The standard InChI is InChI=1S/C21H24O7/c1-15(7-6-8-16(2)13-22)9-10-21(28-19(5)25)20(14-27-18(4)24)11-12-26-17(3)23/h8-9,11-14,21H,10H2,1-5H3/b12-11+,15-9+,16-8+,20-14-/t21-/m0/s1. The lowest BCUT2D eigenvalue weighted by Crippen LogP contribution is -2.18. The minimum Gasteiger partial charge on any atom is -0.457 e. The Hall–Kier alpha value is -3.40. The first kappa shape index (κ1) is 24.6. The highest BCUT2D eigenvalue weighted by molar-refractivity contribution is 5.73. The van der Waals surface area contributed by atoms with Crippen molar-refractivity contribution >= 4 is 24.2 Å². The highest BCUT2D eigenvalue weighted by atomic mass is 16.5. The summed E-state index contributed by atoms with van der Waals surface area (Å²) >= 11 is 0. The van der Waals surface area contributed by atoms with Gasteiger partial charge in [0.25, 0.3) is 0 Å². The van der Waals surface area contributed by atoms with E-state index in [-0.39, 0.29) is 6.42 Å². The van der Waals surface area contributed by atoms with Crippen LogP contribution in [0, 0.1) is 11.8 Å². The minimum absolute atomic E-state index is 0.230. The number of allylic oxidation sites excluding steroid dienone is 3. The van der Waals surface area contributed by atoms with Crippen molar-refractivity contribution < 1.29 is 33.4 Å². The topological polar surface area (TPSA) is 96.0 Å². The molecule has 7 heteroatoms. The summed E-state index contributed by atoms with van der Waals surface area (Å²) in [7, 11) is 0. The van der Waals surface area contributed by atoms with Crippen LogP contribution in [0.1, 0.15) is 41.0 Å². The summed E-state index contributed by atoms with van der Waals surface area (Å²) in [5.74, 6) is 3.96. The van der Waals surface area contributed by atoms with Crippen molar-refractivity contribution in [2.24, 2.45) is 0 Å². The number of aldehydes is 1. The van der Waals surface area contributed by atoms with E-state index >= 15 is 0 Å². The molecule has 0 saturated heterocycles. The Balaban J connectivity index is 5.57. The van der Waals surface area contributed by atoms with Gasteiger partial charge in [-0.25, -0.2) is 0 Å². The van der Waals surface area contributed by atoms with E-state index < -0.39 is 24.0 Å². The minimum atomic E-state index is -0.798. The summed E-state index contributed by atoms with van der Waals surface area (Å²) in [6, 6.07) is 0. The third-order valence-electron chi connectivity index (χ3n) is 2.93. The maximum atomic E-state index is 11.4. The normalized spacial score (nSPS) is 13.2. The molecule has 0 bridgehead atoms. The number of carbonyl (C=O) groups is 4. The van der Waals surface area contributed by atoms with E-state index in [0.717, 1.165) is 12.5 Å². The molecule has 0 aliphatic heterocycles. The lowest BCUT2D eigenvalue weighted by atomic mass is 10.1. The van der Waals surface area contributed by atoms with Crippen LogP contribution in [0.5, 0.6) is 0 Å². The van der Waals surface area contributed by atoms with Crippen LogP contribution in [0.3, 0.4) is 0 Å². The van der Waals surface area contributed by atoms with Gasteiger partial charge in [-0.2, -0.15) is 0 Å². The molecule has 0 rings (SSSR count). The fraction of sp³-hybridized carbons (Fsp3) is 0.333. The Bertz CT molecular complexity index is 770. The molecule has 0 unspecified atom stereocenters. The van der Waals surface area contributed by atoms with Crippen LogP contribution in [0.2, 0.25) is 0 Å². The van der Waals surface area contributed by atoms with E-state index in [4.69, 9.17) is 14.2 Å². The van der Waals surface area contributed by atoms with Gasteiger partial charge in [-0.1, -0.05) is 17.9 Å². The predicted molar refractivity (Wildman–Crippen MR) is 102 cm³/mol. The molecule has 0 radical (unpaired) electrons. The van der Waals surface area contributed by atoms with Crippen LogP contribution in [-0.4, -0.2) is 30.3 Å². The van der Waals surface area contributed by atoms with Crippen LogP contribution in [0.25, 0.3) is 0 Å². The Morgan fingerprint density at radius 3 is 2.14 bits per heavy atom. The number of hydrogen-bond donors (Lipinski definition) is 0. The maximum Gasteiger partial charge on any atom is 0.307 e. The number of esters is 3. The predicted octanol–water partition coefficient (Wildman–Crippen LogP) is 2.93. The fourth-order valence-electron chi connectivity index (χ4n) is 1.67. The van der Waals surface area contributed by atoms with Crippen LogP contribution < -0.4 is 0 Å². The zero-order valence-corrected chi connectivity index (χ0v) is 16.6. The van der Waals surface area contributed by atoms with Crippen LogP contribution >= 0.6 is 0 Å². The molecule has 0 aliphatic carbocycles. The van der Waals surface area contributed by atoms with E-state index in [9.17, 15) is 19.2 Å². The number of rotatable bonds is 8. The lowest BCUT2D eigenvalue weighted by molar-refractivity contribution is -0.144. The highest BCUT2D eigenvalue weighted by Gasteiger charge is 2.16. The van der Waals surface area contributed by atoms with Crippen LogP contribution in [-0.2, 0) is 33.4 Å². The van der Waals surface area contributed by atoms with Crippen molar-refractivity contribution in [3.05, 3.63) is 47.5 Å². The SMILES string of the molecule is CC(=O)O/C=C(/C=C/OC(C)=O)[C@H](C/C=C(\C)C#C/C=C(\C)C=O)OC(C)=O. The molecule has 0 aromatic rings. The van der Waals surface area contributed by atoms with Crippen molar-refractivity contribution in [2.45, 2.75) is 47.1 Å². The molecule has 150 valence electrons. The molecule has 0 N–H and O–H groups in total. The second-order valence-corrected chi connectivity index (χ2v) is 5.64. The smallest absolute Gasteiger partial charge is 0.307 e. The van der Waals surface area contributed by atoms with E-state index in [2.05, 4.69) is 11.8 Å². The van der Waals surface area contributed by atoms with Crippen LogP contribution in [0.15, 0.2) is 47.5 Å². The van der Waals surface area contributed by atoms with Gasteiger partial charge in [-0.05, 0) is 37.1 Å². The zero-order valence-electron chi connectivity index (χ0n) is 16.6. The van der Waals surface area contributed by atoms with Gasteiger partial charge in [0.2, 0.25) is 0 Å². The molecule has 0 heterocycles. The Labute approximate surface area is 164 Å². The van der Waals surface area contributed by atoms with Gasteiger partial charge in [0, 0.05) is 32.8 Å².